The average Bonchev–Trinajstić information content (AvgIpc) is 2.74. The molecule has 0 aromatic heterocycles. The highest BCUT2D eigenvalue weighted by Gasteiger charge is 2.18. The topological polar surface area (TPSA) is 43.1 Å². The van der Waals surface area contributed by atoms with Crippen LogP contribution in [0.4, 0.5) is 10.1 Å². The SMILES string of the molecule is Nc1ccc(S(=O)CC2CCCC2)cc1F. The third-order valence-electron chi connectivity index (χ3n) is 3.10. The first-order valence-electron chi connectivity index (χ1n) is 5.60. The molecule has 1 atom stereocenters. The van der Waals surface area contributed by atoms with Crippen LogP contribution in [0.5, 0.6) is 0 Å². The zero-order valence-corrected chi connectivity index (χ0v) is 9.93. The Morgan fingerprint density at radius 2 is 2.06 bits per heavy atom. The van der Waals surface area contributed by atoms with E-state index in [1.54, 1.807) is 6.07 Å². The molecule has 0 amide bonds. The van der Waals surface area contributed by atoms with E-state index in [1.807, 2.05) is 0 Å². The number of hydrogen-bond donors (Lipinski definition) is 1. The molecule has 1 aromatic rings. The summed E-state index contributed by atoms with van der Waals surface area (Å²) in [7, 11) is -1.09. The zero-order chi connectivity index (χ0) is 11.5. The van der Waals surface area contributed by atoms with Gasteiger partial charge < -0.3 is 5.73 Å². The maximum atomic E-state index is 13.2. The van der Waals surface area contributed by atoms with Crippen molar-refractivity contribution in [2.24, 2.45) is 5.92 Å². The van der Waals surface area contributed by atoms with Crippen molar-refractivity contribution in [1.82, 2.24) is 0 Å². The van der Waals surface area contributed by atoms with Crippen molar-refractivity contribution in [2.75, 3.05) is 11.5 Å². The fourth-order valence-corrected chi connectivity index (χ4v) is 3.55. The number of hydrogen-bond acceptors (Lipinski definition) is 2. The van der Waals surface area contributed by atoms with Gasteiger partial charge in [0.25, 0.3) is 0 Å². The lowest BCUT2D eigenvalue weighted by Gasteiger charge is -2.08. The Bertz CT molecular complexity index is 402. The summed E-state index contributed by atoms with van der Waals surface area (Å²) in [5, 5.41) is 0. The molecule has 0 spiro atoms. The molecule has 16 heavy (non-hydrogen) atoms. The van der Waals surface area contributed by atoms with Gasteiger partial charge in [-0.05, 0) is 37.0 Å². The molecular formula is C12H16FNOS. The summed E-state index contributed by atoms with van der Waals surface area (Å²) in [6.07, 6.45) is 4.78. The molecule has 2 nitrogen and oxygen atoms in total. The molecule has 1 saturated carbocycles. The first-order valence-corrected chi connectivity index (χ1v) is 6.92. The van der Waals surface area contributed by atoms with Gasteiger partial charge in [-0.1, -0.05) is 12.8 Å². The van der Waals surface area contributed by atoms with Crippen molar-refractivity contribution < 1.29 is 8.60 Å². The molecule has 1 fully saturated rings. The van der Waals surface area contributed by atoms with Crippen molar-refractivity contribution >= 4 is 16.5 Å². The quantitative estimate of drug-likeness (QED) is 0.827. The van der Waals surface area contributed by atoms with E-state index in [0.29, 0.717) is 16.6 Å². The molecule has 1 aliphatic carbocycles. The summed E-state index contributed by atoms with van der Waals surface area (Å²) in [6.45, 7) is 0. The Balaban J connectivity index is 2.05. The maximum Gasteiger partial charge on any atom is 0.147 e. The lowest BCUT2D eigenvalue weighted by atomic mass is 10.1. The van der Waals surface area contributed by atoms with Gasteiger partial charge in [0.1, 0.15) is 5.82 Å². The maximum absolute atomic E-state index is 13.2. The second-order valence-corrected chi connectivity index (χ2v) is 5.84. The second-order valence-electron chi connectivity index (χ2n) is 4.35. The molecule has 1 unspecified atom stereocenters. The van der Waals surface area contributed by atoms with Gasteiger partial charge >= 0.3 is 0 Å². The fourth-order valence-electron chi connectivity index (χ4n) is 2.14. The van der Waals surface area contributed by atoms with Gasteiger partial charge in [0.2, 0.25) is 0 Å². The Labute approximate surface area is 97.5 Å². The summed E-state index contributed by atoms with van der Waals surface area (Å²) in [6, 6.07) is 4.43. The first-order chi connectivity index (χ1) is 7.66. The molecule has 1 aromatic carbocycles. The summed E-state index contributed by atoms with van der Waals surface area (Å²) in [5.41, 5.74) is 5.49. The van der Waals surface area contributed by atoms with Crippen LogP contribution in [0.1, 0.15) is 25.7 Å². The van der Waals surface area contributed by atoms with Crippen molar-refractivity contribution in [3.63, 3.8) is 0 Å². The molecule has 4 heteroatoms. The fraction of sp³-hybridized carbons (Fsp3) is 0.500. The van der Waals surface area contributed by atoms with Crippen LogP contribution in [0.25, 0.3) is 0 Å². The highest BCUT2D eigenvalue weighted by Crippen LogP contribution is 2.27. The van der Waals surface area contributed by atoms with E-state index in [9.17, 15) is 8.60 Å². The molecule has 0 saturated heterocycles. The molecule has 1 aliphatic rings. The predicted molar refractivity (Wildman–Crippen MR) is 64.0 cm³/mol. The number of benzene rings is 1. The summed E-state index contributed by atoms with van der Waals surface area (Å²) in [4.78, 5) is 0.554. The van der Waals surface area contributed by atoms with Gasteiger partial charge in [0, 0.05) is 10.6 Å². The second kappa shape index (κ2) is 4.95. The van der Waals surface area contributed by atoms with E-state index in [0.717, 1.165) is 12.8 Å². The molecule has 2 N–H and O–H groups in total. The first kappa shape index (κ1) is 11.6. The van der Waals surface area contributed by atoms with Crippen LogP contribution < -0.4 is 5.73 Å². The predicted octanol–water partition coefficient (Wildman–Crippen LogP) is 2.71. The molecule has 0 radical (unpaired) electrons. The monoisotopic (exact) mass is 241 g/mol. The molecule has 0 bridgehead atoms. The lowest BCUT2D eigenvalue weighted by Crippen LogP contribution is -2.08. The minimum Gasteiger partial charge on any atom is -0.396 e. The Kier molecular flexibility index (Phi) is 3.59. The summed E-state index contributed by atoms with van der Waals surface area (Å²) in [5.74, 6) is 0.724. The van der Waals surface area contributed by atoms with Gasteiger partial charge in [-0.25, -0.2) is 4.39 Å². The molecule has 0 heterocycles. The Morgan fingerprint density at radius 3 is 2.69 bits per heavy atom. The van der Waals surface area contributed by atoms with Gasteiger partial charge in [-0.2, -0.15) is 0 Å². The number of nitrogen functional groups attached to an aromatic ring is 1. The third-order valence-corrected chi connectivity index (χ3v) is 4.65. The van der Waals surface area contributed by atoms with E-state index in [-0.39, 0.29) is 5.69 Å². The smallest absolute Gasteiger partial charge is 0.147 e. The average molecular weight is 241 g/mol. The van der Waals surface area contributed by atoms with Crippen molar-refractivity contribution in [1.29, 1.82) is 0 Å². The van der Waals surface area contributed by atoms with Crippen LogP contribution in [-0.2, 0) is 10.8 Å². The minimum absolute atomic E-state index is 0.113. The van der Waals surface area contributed by atoms with Crippen LogP contribution in [-0.4, -0.2) is 9.96 Å². The van der Waals surface area contributed by atoms with Gasteiger partial charge in [0.05, 0.1) is 16.5 Å². The van der Waals surface area contributed by atoms with E-state index in [1.165, 1.54) is 25.0 Å². The number of nitrogens with two attached hydrogens (primary N) is 1. The zero-order valence-electron chi connectivity index (χ0n) is 9.12. The molecule has 88 valence electrons. The summed E-state index contributed by atoms with van der Waals surface area (Å²) < 4.78 is 25.2. The third kappa shape index (κ3) is 2.61. The van der Waals surface area contributed by atoms with Crippen LogP contribution in [0, 0.1) is 11.7 Å². The van der Waals surface area contributed by atoms with Crippen molar-refractivity contribution in [2.45, 2.75) is 30.6 Å². The van der Waals surface area contributed by atoms with Crippen molar-refractivity contribution in [3.8, 4) is 0 Å². The van der Waals surface area contributed by atoms with Crippen LogP contribution in [0.15, 0.2) is 23.1 Å². The van der Waals surface area contributed by atoms with E-state index >= 15 is 0 Å². The van der Waals surface area contributed by atoms with Crippen LogP contribution in [0.2, 0.25) is 0 Å². The number of rotatable bonds is 3. The molecule has 0 aliphatic heterocycles. The highest BCUT2D eigenvalue weighted by atomic mass is 32.2. The Hall–Kier alpha value is -0.900. The lowest BCUT2D eigenvalue weighted by molar-refractivity contribution is 0.602. The Morgan fingerprint density at radius 1 is 1.38 bits per heavy atom. The largest absolute Gasteiger partial charge is 0.396 e. The van der Waals surface area contributed by atoms with Gasteiger partial charge in [0.15, 0.2) is 0 Å². The number of halogens is 1. The van der Waals surface area contributed by atoms with Crippen molar-refractivity contribution in [3.05, 3.63) is 24.0 Å². The highest BCUT2D eigenvalue weighted by molar-refractivity contribution is 7.85. The molecular weight excluding hydrogens is 225 g/mol. The normalized spacial score (nSPS) is 18.8. The van der Waals surface area contributed by atoms with E-state index in [4.69, 9.17) is 5.73 Å². The standard InChI is InChI=1S/C12H16FNOS/c13-11-7-10(5-6-12(11)14)16(15)8-9-3-1-2-4-9/h5-7,9H,1-4,8,14H2. The van der Waals surface area contributed by atoms with Gasteiger partial charge in [-0.3, -0.25) is 4.21 Å². The summed E-state index contributed by atoms with van der Waals surface area (Å²) >= 11 is 0. The number of anilines is 1. The van der Waals surface area contributed by atoms with Crippen LogP contribution in [0.3, 0.4) is 0 Å². The van der Waals surface area contributed by atoms with E-state index in [2.05, 4.69) is 0 Å². The van der Waals surface area contributed by atoms with Crippen LogP contribution >= 0.6 is 0 Å². The molecule has 2 rings (SSSR count). The minimum atomic E-state index is -1.09. The van der Waals surface area contributed by atoms with E-state index < -0.39 is 16.6 Å². The van der Waals surface area contributed by atoms with Gasteiger partial charge in [-0.15, -0.1) is 0 Å².